The first kappa shape index (κ1) is 22.5. The van der Waals surface area contributed by atoms with Crippen molar-refractivity contribution in [3.63, 3.8) is 0 Å². The van der Waals surface area contributed by atoms with Crippen LogP contribution in [0.2, 0.25) is 0 Å². The molecule has 4 nitrogen and oxygen atoms in total. The molecule has 0 N–H and O–H groups in total. The number of aryl methyl sites for hydroxylation is 1. The third kappa shape index (κ3) is 3.09. The van der Waals surface area contributed by atoms with Crippen molar-refractivity contribution in [3.8, 4) is 0 Å². The van der Waals surface area contributed by atoms with E-state index in [1.807, 2.05) is 6.92 Å². The predicted octanol–water partition coefficient (Wildman–Crippen LogP) is 7.37. The maximum atomic E-state index is 6.70. The molecule has 192 valence electrons. The maximum absolute atomic E-state index is 6.70. The number of fused-ring (bicyclic) bond motifs is 8. The molecule has 0 atom stereocenters. The first-order chi connectivity index (χ1) is 20.3. The molecule has 0 radical (unpaired) electrons. The van der Waals surface area contributed by atoms with E-state index in [0.717, 1.165) is 39.1 Å². The zero-order valence-corrected chi connectivity index (χ0v) is 22.5. The van der Waals surface area contributed by atoms with Crippen LogP contribution in [0.25, 0.3) is 22.1 Å². The highest BCUT2D eigenvalue weighted by Crippen LogP contribution is 2.45. The van der Waals surface area contributed by atoms with Crippen molar-refractivity contribution in [1.29, 1.82) is 0 Å². The van der Waals surface area contributed by atoms with E-state index in [-0.39, 0.29) is 6.71 Å². The molecule has 0 unspecified atom stereocenters. The van der Waals surface area contributed by atoms with Crippen LogP contribution in [0.1, 0.15) is 5.69 Å². The highest BCUT2D eigenvalue weighted by molar-refractivity contribution is 7.01. The van der Waals surface area contributed by atoms with Gasteiger partial charge in [0.25, 0.3) is 6.71 Å². The molecule has 7 aromatic rings. The Labute approximate surface area is 238 Å². The molecule has 0 fully saturated rings. The average Bonchev–Trinajstić information content (AvgIpc) is 3.39. The van der Waals surface area contributed by atoms with Gasteiger partial charge < -0.3 is 14.2 Å². The lowest BCUT2D eigenvalue weighted by Crippen LogP contribution is -2.61. The van der Waals surface area contributed by atoms with Crippen molar-refractivity contribution in [2.24, 2.45) is 0 Å². The first-order valence-electron chi connectivity index (χ1n) is 14.0. The number of benzene rings is 5. The Morgan fingerprint density at radius 2 is 1.12 bits per heavy atom. The van der Waals surface area contributed by atoms with Gasteiger partial charge in [0.15, 0.2) is 0 Å². The van der Waals surface area contributed by atoms with Crippen molar-refractivity contribution in [2.45, 2.75) is 6.92 Å². The molecule has 41 heavy (non-hydrogen) atoms. The number of furan rings is 1. The van der Waals surface area contributed by atoms with Gasteiger partial charge in [0.05, 0.1) is 0 Å². The van der Waals surface area contributed by atoms with Crippen molar-refractivity contribution in [1.82, 2.24) is 4.98 Å². The summed E-state index contributed by atoms with van der Waals surface area (Å²) >= 11 is 0. The van der Waals surface area contributed by atoms with E-state index in [4.69, 9.17) is 9.40 Å². The summed E-state index contributed by atoms with van der Waals surface area (Å²) in [7, 11) is 0. The number of para-hydroxylation sites is 3. The van der Waals surface area contributed by atoms with Crippen LogP contribution in [0, 0.1) is 6.92 Å². The van der Waals surface area contributed by atoms with Gasteiger partial charge in [0.2, 0.25) is 5.71 Å². The molecular formula is C36H24BN3O. The van der Waals surface area contributed by atoms with E-state index in [1.54, 1.807) is 0 Å². The fraction of sp³-hybridized carbons (Fsp3) is 0.0278. The normalized spacial score (nSPS) is 13.3. The molecule has 0 bridgehead atoms. The number of pyridine rings is 1. The Kier molecular flexibility index (Phi) is 4.59. The third-order valence-corrected chi connectivity index (χ3v) is 8.54. The van der Waals surface area contributed by atoms with Gasteiger partial charge in [-0.05, 0) is 90.0 Å². The minimum absolute atomic E-state index is 0.00214. The standard InChI is InChI=1S/C36H24BN3O/c1-23-19-20-27-26-21-22-32-34(35(26)41-36(27)38-23)37-28-15-8-9-16-29(28)39(24-11-4-2-5-12-24)30-17-10-18-31(33(30)37)40(32)25-13-6-3-7-14-25/h2-22H,1H3. The summed E-state index contributed by atoms with van der Waals surface area (Å²) in [4.78, 5) is 9.57. The first-order valence-corrected chi connectivity index (χ1v) is 14.0. The van der Waals surface area contributed by atoms with Crippen LogP contribution in [-0.2, 0) is 0 Å². The summed E-state index contributed by atoms with van der Waals surface area (Å²) in [6.07, 6.45) is 0. The Hall–Kier alpha value is -5.29. The van der Waals surface area contributed by atoms with Crippen LogP contribution < -0.4 is 26.2 Å². The summed E-state index contributed by atoms with van der Waals surface area (Å²) in [5.74, 6) is 0. The van der Waals surface area contributed by atoms with Crippen molar-refractivity contribution < 1.29 is 4.42 Å². The Balaban J connectivity index is 1.44. The molecule has 0 aliphatic carbocycles. The molecule has 0 saturated carbocycles. The van der Waals surface area contributed by atoms with Gasteiger partial charge in [-0.25, -0.2) is 4.98 Å². The van der Waals surface area contributed by atoms with Crippen LogP contribution in [0.4, 0.5) is 34.1 Å². The van der Waals surface area contributed by atoms with Gasteiger partial charge in [0.1, 0.15) is 5.58 Å². The largest absolute Gasteiger partial charge is 0.438 e. The second-order valence-electron chi connectivity index (χ2n) is 10.8. The van der Waals surface area contributed by atoms with E-state index in [1.165, 1.54) is 33.5 Å². The Morgan fingerprint density at radius 3 is 1.85 bits per heavy atom. The van der Waals surface area contributed by atoms with Gasteiger partial charge in [-0.15, -0.1) is 0 Å². The number of nitrogens with zero attached hydrogens (tertiary/aromatic N) is 3. The molecule has 2 aromatic heterocycles. The number of aromatic nitrogens is 1. The van der Waals surface area contributed by atoms with Gasteiger partial charge >= 0.3 is 0 Å². The Bertz CT molecular complexity index is 2120. The van der Waals surface area contributed by atoms with Gasteiger partial charge in [-0.2, -0.15) is 0 Å². The van der Waals surface area contributed by atoms with Gasteiger partial charge in [-0.3, -0.25) is 0 Å². The van der Waals surface area contributed by atoms with Crippen LogP contribution >= 0.6 is 0 Å². The molecule has 5 aromatic carbocycles. The second kappa shape index (κ2) is 8.36. The second-order valence-corrected chi connectivity index (χ2v) is 10.8. The van der Waals surface area contributed by atoms with Gasteiger partial charge in [0, 0.05) is 50.6 Å². The molecule has 0 spiro atoms. The van der Waals surface area contributed by atoms with Crippen LogP contribution in [0.15, 0.2) is 132 Å². The highest BCUT2D eigenvalue weighted by atomic mass is 16.3. The van der Waals surface area contributed by atoms with E-state index in [0.29, 0.717) is 5.71 Å². The molecular weight excluding hydrogens is 501 g/mol. The molecule has 5 heteroatoms. The lowest BCUT2D eigenvalue weighted by Gasteiger charge is -2.43. The van der Waals surface area contributed by atoms with Crippen LogP contribution in [0.5, 0.6) is 0 Å². The summed E-state index contributed by atoms with van der Waals surface area (Å²) < 4.78 is 6.70. The van der Waals surface area contributed by atoms with E-state index < -0.39 is 0 Å². The minimum Gasteiger partial charge on any atom is -0.438 e. The fourth-order valence-corrected chi connectivity index (χ4v) is 6.89. The summed E-state index contributed by atoms with van der Waals surface area (Å²) in [5.41, 5.74) is 13.2. The lowest BCUT2D eigenvalue weighted by molar-refractivity contribution is 0.655. The quantitative estimate of drug-likeness (QED) is 0.221. The topological polar surface area (TPSA) is 32.5 Å². The van der Waals surface area contributed by atoms with Crippen molar-refractivity contribution in [3.05, 3.63) is 133 Å². The summed E-state index contributed by atoms with van der Waals surface area (Å²) in [5, 5.41) is 2.15. The zero-order chi connectivity index (χ0) is 27.1. The summed E-state index contributed by atoms with van der Waals surface area (Å²) in [6, 6.07) is 45.5. The molecule has 9 rings (SSSR count). The zero-order valence-electron chi connectivity index (χ0n) is 22.5. The number of rotatable bonds is 2. The molecule has 4 heterocycles. The molecule has 2 aliphatic rings. The van der Waals surface area contributed by atoms with E-state index >= 15 is 0 Å². The summed E-state index contributed by atoms with van der Waals surface area (Å²) in [6.45, 7) is 2.01. The number of anilines is 6. The number of hydrogen-bond acceptors (Lipinski definition) is 4. The molecule has 0 amide bonds. The Morgan fingerprint density at radius 1 is 0.537 bits per heavy atom. The minimum atomic E-state index is -0.00214. The monoisotopic (exact) mass is 525 g/mol. The van der Waals surface area contributed by atoms with Gasteiger partial charge in [-0.1, -0.05) is 60.7 Å². The van der Waals surface area contributed by atoms with Crippen LogP contribution in [0.3, 0.4) is 0 Å². The van der Waals surface area contributed by atoms with E-state index in [2.05, 4.69) is 137 Å². The lowest BCUT2D eigenvalue weighted by atomic mass is 9.33. The predicted molar refractivity (Wildman–Crippen MR) is 170 cm³/mol. The average molecular weight is 525 g/mol. The third-order valence-electron chi connectivity index (χ3n) is 8.54. The van der Waals surface area contributed by atoms with Crippen molar-refractivity contribution >= 4 is 79.3 Å². The van der Waals surface area contributed by atoms with Crippen LogP contribution in [-0.4, -0.2) is 11.7 Å². The highest BCUT2D eigenvalue weighted by Gasteiger charge is 2.44. The SMILES string of the molecule is Cc1ccc2c(n1)oc1c3c(ccc12)N(c1ccccc1)c1cccc2c1B3c1ccccc1N2c1ccccc1. The molecule has 0 saturated heterocycles. The fourth-order valence-electron chi connectivity index (χ4n) is 6.89. The molecule has 2 aliphatic heterocycles. The van der Waals surface area contributed by atoms with Crippen molar-refractivity contribution in [2.75, 3.05) is 9.80 Å². The smallest absolute Gasteiger partial charge is 0.257 e. The van der Waals surface area contributed by atoms with E-state index in [9.17, 15) is 0 Å². The maximum Gasteiger partial charge on any atom is 0.257 e. The number of hydrogen-bond donors (Lipinski definition) is 0.